The Morgan fingerprint density at radius 2 is 1.84 bits per heavy atom. The maximum absolute atomic E-state index is 12.4. The Morgan fingerprint density at radius 3 is 2.48 bits per heavy atom. The highest BCUT2D eigenvalue weighted by Gasteiger charge is 2.19. The number of aromatic amines is 1. The number of hydrogen-bond acceptors (Lipinski definition) is 4. The van der Waals surface area contributed by atoms with Crippen molar-refractivity contribution in [3.63, 3.8) is 0 Å². The lowest BCUT2D eigenvalue weighted by Crippen LogP contribution is -2.38. The van der Waals surface area contributed by atoms with Crippen LogP contribution >= 0.6 is 36.4 Å². The number of aromatic nitrogens is 1. The van der Waals surface area contributed by atoms with Crippen LogP contribution in [0.1, 0.15) is 16.1 Å². The number of H-pyrrole nitrogens is 1. The summed E-state index contributed by atoms with van der Waals surface area (Å²) in [7, 11) is 3.48. The molecule has 3 aromatic rings. The van der Waals surface area contributed by atoms with Crippen LogP contribution in [-0.4, -0.2) is 53.9 Å². The van der Waals surface area contributed by atoms with Crippen molar-refractivity contribution in [1.29, 1.82) is 5.41 Å². The van der Waals surface area contributed by atoms with E-state index in [0.717, 1.165) is 18.0 Å². The van der Waals surface area contributed by atoms with Crippen molar-refractivity contribution in [2.24, 2.45) is 5.73 Å². The number of carbonyl (C=O) groups is 1. The van der Waals surface area contributed by atoms with Gasteiger partial charge in [0, 0.05) is 25.5 Å². The highest BCUT2D eigenvalue weighted by Crippen LogP contribution is 2.32. The Hall–Kier alpha value is -2.45. The molecule has 0 atom stereocenters. The molecule has 0 saturated carbocycles. The quantitative estimate of drug-likeness (QED) is 0.345. The molecule has 0 aliphatic rings. The molecule has 1 aromatic heterocycles. The standard InChI is InChI=1S/C21H24ClN5O2.2ClH/c1-26(13-14-6-4-3-5-7-14)10-11-29-18-9-8-16(22)15-12-17(25-19(15)18)20(28)27(2)21(23)24;;/h3-9,12,25H,10-11,13H2,1-2H3,(H3,23,24);2*1H. The van der Waals surface area contributed by atoms with Gasteiger partial charge in [0.2, 0.25) is 0 Å². The maximum Gasteiger partial charge on any atom is 0.276 e. The summed E-state index contributed by atoms with van der Waals surface area (Å²) in [6.45, 7) is 2.05. The summed E-state index contributed by atoms with van der Waals surface area (Å²) < 4.78 is 5.96. The molecule has 3 rings (SSSR count). The van der Waals surface area contributed by atoms with E-state index in [1.54, 1.807) is 18.2 Å². The van der Waals surface area contributed by atoms with E-state index in [4.69, 9.17) is 27.5 Å². The minimum atomic E-state index is -0.418. The van der Waals surface area contributed by atoms with Crippen molar-refractivity contribution in [3.8, 4) is 5.75 Å². The zero-order chi connectivity index (χ0) is 21.0. The molecule has 0 radical (unpaired) electrons. The fraction of sp³-hybridized carbons (Fsp3) is 0.238. The molecule has 0 unspecified atom stereocenters. The number of likely N-dealkylation sites (N-methyl/N-ethyl adjacent to an activating group) is 1. The second kappa shape index (κ2) is 11.8. The number of carbonyl (C=O) groups excluding carboxylic acids is 1. The number of nitrogens with two attached hydrogens (primary N) is 1. The van der Waals surface area contributed by atoms with Crippen molar-refractivity contribution >= 4 is 59.2 Å². The summed E-state index contributed by atoms with van der Waals surface area (Å²) in [5.74, 6) is -0.141. The molecule has 0 saturated heterocycles. The van der Waals surface area contributed by atoms with Gasteiger partial charge in [0.1, 0.15) is 18.1 Å². The number of guanidine groups is 1. The van der Waals surface area contributed by atoms with Gasteiger partial charge in [-0.25, -0.2) is 0 Å². The molecule has 0 spiro atoms. The van der Waals surface area contributed by atoms with Crippen LogP contribution in [0.15, 0.2) is 48.5 Å². The van der Waals surface area contributed by atoms with Gasteiger partial charge >= 0.3 is 0 Å². The third-order valence-electron chi connectivity index (χ3n) is 4.62. The Kier molecular flexibility index (Phi) is 10.1. The van der Waals surface area contributed by atoms with Crippen molar-refractivity contribution in [1.82, 2.24) is 14.8 Å². The van der Waals surface area contributed by atoms with Gasteiger partial charge in [-0.15, -0.1) is 24.8 Å². The number of benzene rings is 2. The van der Waals surface area contributed by atoms with Crippen LogP contribution < -0.4 is 10.5 Å². The van der Waals surface area contributed by atoms with Crippen LogP contribution in [0, 0.1) is 5.41 Å². The SMILES string of the molecule is CN(CCOc1ccc(Cl)c2cc(C(=O)N(C)C(=N)N)[nH]c12)Cc1ccccc1.Cl.Cl. The molecule has 0 aliphatic carbocycles. The van der Waals surface area contributed by atoms with Crippen molar-refractivity contribution in [2.45, 2.75) is 6.54 Å². The van der Waals surface area contributed by atoms with Gasteiger partial charge in [-0.1, -0.05) is 41.9 Å². The number of fused-ring (bicyclic) bond motifs is 1. The van der Waals surface area contributed by atoms with Crippen LogP contribution in [0.25, 0.3) is 10.9 Å². The fourth-order valence-electron chi connectivity index (χ4n) is 2.97. The van der Waals surface area contributed by atoms with Gasteiger partial charge < -0.3 is 15.5 Å². The second-order valence-electron chi connectivity index (χ2n) is 6.84. The Morgan fingerprint density at radius 1 is 1.16 bits per heavy atom. The molecule has 31 heavy (non-hydrogen) atoms. The molecule has 7 nitrogen and oxygen atoms in total. The topological polar surface area (TPSA) is 98.4 Å². The predicted octanol–water partition coefficient (Wildman–Crippen LogP) is 4.14. The van der Waals surface area contributed by atoms with Gasteiger partial charge in [-0.3, -0.25) is 20.0 Å². The maximum atomic E-state index is 12.4. The van der Waals surface area contributed by atoms with Gasteiger partial charge in [0.05, 0.1) is 10.5 Å². The van der Waals surface area contributed by atoms with Gasteiger partial charge in [-0.2, -0.15) is 0 Å². The molecule has 0 aliphatic heterocycles. The Balaban J connectivity index is 0.00000240. The number of halogens is 3. The Labute approximate surface area is 198 Å². The van der Waals surface area contributed by atoms with Crippen LogP contribution in [0.2, 0.25) is 5.02 Å². The summed E-state index contributed by atoms with van der Waals surface area (Å²) in [6, 6.07) is 15.4. The lowest BCUT2D eigenvalue weighted by Gasteiger charge is -2.17. The number of nitrogens with zero attached hydrogens (tertiary/aromatic N) is 2. The number of nitrogens with one attached hydrogen (secondary N) is 2. The average Bonchev–Trinajstić information content (AvgIpc) is 3.16. The normalized spacial score (nSPS) is 10.3. The fourth-order valence-corrected chi connectivity index (χ4v) is 3.18. The van der Waals surface area contributed by atoms with E-state index in [1.807, 2.05) is 25.2 Å². The average molecular weight is 487 g/mol. The smallest absolute Gasteiger partial charge is 0.276 e. The third kappa shape index (κ3) is 6.51. The van der Waals surface area contributed by atoms with E-state index < -0.39 is 5.91 Å². The van der Waals surface area contributed by atoms with Gasteiger partial charge in [0.25, 0.3) is 5.91 Å². The van der Waals surface area contributed by atoms with Crippen LogP contribution in [0.3, 0.4) is 0 Å². The molecule has 10 heteroatoms. The molecular weight excluding hydrogens is 461 g/mol. The van der Waals surface area contributed by atoms with E-state index in [-0.39, 0.29) is 36.5 Å². The number of rotatable bonds is 7. The lowest BCUT2D eigenvalue weighted by atomic mass is 10.2. The summed E-state index contributed by atoms with van der Waals surface area (Å²) >= 11 is 6.29. The van der Waals surface area contributed by atoms with Crippen LogP contribution in [0.4, 0.5) is 0 Å². The largest absolute Gasteiger partial charge is 0.490 e. The summed E-state index contributed by atoms with van der Waals surface area (Å²) in [6.07, 6.45) is 0. The zero-order valence-corrected chi connectivity index (χ0v) is 19.6. The van der Waals surface area contributed by atoms with E-state index in [9.17, 15) is 4.79 Å². The minimum Gasteiger partial charge on any atom is -0.490 e. The monoisotopic (exact) mass is 485 g/mol. The van der Waals surface area contributed by atoms with Gasteiger partial charge in [-0.05, 0) is 30.8 Å². The molecule has 0 bridgehead atoms. The van der Waals surface area contributed by atoms with Crippen molar-refractivity contribution < 1.29 is 9.53 Å². The van der Waals surface area contributed by atoms with Crippen LogP contribution in [-0.2, 0) is 6.54 Å². The van der Waals surface area contributed by atoms with Crippen molar-refractivity contribution in [2.75, 3.05) is 27.2 Å². The predicted molar refractivity (Wildman–Crippen MR) is 130 cm³/mol. The first kappa shape index (κ1) is 26.6. The van der Waals surface area contributed by atoms with E-state index in [1.165, 1.54) is 12.6 Å². The first-order chi connectivity index (χ1) is 13.9. The number of hydrogen-bond donors (Lipinski definition) is 3. The van der Waals surface area contributed by atoms with Crippen molar-refractivity contribution in [3.05, 3.63) is 64.8 Å². The molecule has 1 heterocycles. The van der Waals surface area contributed by atoms with Gasteiger partial charge in [0.15, 0.2) is 5.96 Å². The van der Waals surface area contributed by atoms with Crippen LogP contribution in [0.5, 0.6) is 5.75 Å². The number of ether oxygens (including phenoxy) is 1. The minimum absolute atomic E-state index is 0. The first-order valence-electron chi connectivity index (χ1n) is 9.15. The Bertz CT molecular complexity index is 1030. The zero-order valence-electron chi connectivity index (χ0n) is 17.2. The highest BCUT2D eigenvalue weighted by molar-refractivity contribution is 6.35. The summed E-state index contributed by atoms with van der Waals surface area (Å²) in [4.78, 5) is 18.7. The second-order valence-corrected chi connectivity index (χ2v) is 7.25. The third-order valence-corrected chi connectivity index (χ3v) is 4.95. The molecular formula is C21H26Cl3N5O2. The van der Waals surface area contributed by atoms with E-state index >= 15 is 0 Å². The van der Waals surface area contributed by atoms with E-state index in [2.05, 4.69) is 22.0 Å². The molecule has 4 N–H and O–H groups in total. The summed E-state index contributed by atoms with van der Waals surface area (Å²) in [5.41, 5.74) is 7.57. The summed E-state index contributed by atoms with van der Waals surface area (Å²) in [5, 5.41) is 8.62. The molecule has 2 aromatic carbocycles. The first-order valence-corrected chi connectivity index (χ1v) is 9.53. The number of amides is 1. The molecule has 0 fully saturated rings. The molecule has 168 valence electrons. The highest BCUT2D eigenvalue weighted by atomic mass is 35.5. The van der Waals surface area contributed by atoms with E-state index in [0.29, 0.717) is 28.3 Å². The lowest BCUT2D eigenvalue weighted by molar-refractivity contribution is 0.0864. The molecule has 1 amide bonds.